The Bertz CT molecular complexity index is 1260. The molecule has 0 radical (unpaired) electrons. The van der Waals surface area contributed by atoms with Crippen molar-refractivity contribution in [3.8, 4) is 23.0 Å². The van der Waals surface area contributed by atoms with Gasteiger partial charge < -0.3 is 18.6 Å². The number of rotatable bonds is 5. The molecule has 5 rings (SSSR count). The van der Waals surface area contributed by atoms with Crippen LogP contribution in [-0.2, 0) is 4.74 Å². The Morgan fingerprint density at radius 3 is 2.70 bits per heavy atom. The molecule has 0 N–H and O–H groups in total. The molecule has 1 aliphatic heterocycles. The van der Waals surface area contributed by atoms with Crippen molar-refractivity contribution < 1.29 is 28.2 Å². The summed E-state index contributed by atoms with van der Waals surface area (Å²) >= 11 is 0. The molecular formula is C23H15NO6. The summed E-state index contributed by atoms with van der Waals surface area (Å²) in [5, 5.41) is 0.633. The number of ether oxygens (including phenoxy) is 3. The summed E-state index contributed by atoms with van der Waals surface area (Å²) in [5.41, 5.74) is 1.82. The highest BCUT2D eigenvalue weighted by Gasteiger charge is 2.20. The zero-order valence-electron chi connectivity index (χ0n) is 15.7. The Balaban J connectivity index is 1.40. The first-order chi connectivity index (χ1) is 14.7. The van der Waals surface area contributed by atoms with Crippen LogP contribution < -0.4 is 9.47 Å². The predicted octanol–water partition coefficient (Wildman–Crippen LogP) is 4.26. The third-order valence-corrected chi connectivity index (χ3v) is 4.74. The van der Waals surface area contributed by atoms with Crippen LogP contribution in [-0.4, -0.2) is 30.1 Å². The Morgan fingerprint density at radius 2 is 1.83 bits per heavy atom. The molecule has 0 saturated carbocycles. The van der Waals surface area contributed by atoms with Gasteiger partial charge in [0.1, 0.15) is 5.69 Å². The fourth-order valence-corrected chi connectivity index (χ4v) is 3.26. The van der Waals surface area contributed by atoms with Crippen LogP contribution in [0.25, 0.3) is 22.4 Å². The predicted molar refractivity (Wildman–Crippen MR) is 107 cm³/mol. The third kappa shape index (κ3) is 3.26. The molecule has 0 unspecified atom stereocenters. The summed E-state index contributed by atoms with van der Waals surface area (Å²) in [6.07, 6.45) is 1.54. The summed E-state index contributed by atoms with van der Waals surface area (Å²) in [4.78, 5) is 29.9. The second-order valence-electron chi connectivity index (χ2n) is 6.62. The number of benzene rings is 2. The Kier molecular flexibility index (Phi) is 4.40. The van der Waals surface area contributed by atoms with Crippen LogP contribution in [0.1, 0.15) is 20.7 Å². The first-order valence-electron chi connectivity index (χ1n) is 9.23. The van der Waals surface area contributed by atoms with Gasteiger partial charge in [0.2, 0.25) is 6.79 Å². The normalized spacial score (nSPS) is 12.1. The fraction of sp³-hybridized carbons (Fsp3) is 0.0870. The van der Waals surface area contributed by atoms with Gasteiger partial charge in [0, 0.05) is 10.9 Å². The highest BCUT2D eigenvalue weighted by molar-refractivity contribution is 6.06. The number of carbonyl (C=O) groups excluding carboxylic acids is 2. The van der Waals surface area contributed by atoms with Crippen molar-refractivity contribution in [2.24, 2.45) is 0 Å². The Morgan fingerprint density at radius 1 is 0.967 bits per heavy atom. The molecule has 30 heavy (non-hydrogen) atoms. The van der Waals surface area contributed by atoms with Crippen molar-refractivity contribution in [2.75, 3.05) is 13.4 Å². The molecule has 0 amide bonds. The van der Waals surface area contributed by atoms with E-state index in [1.807, 2.05) is 12.1 Å². The van der Waals surface area contributed by atoms with E-state index in [0.717, 1.165) is 0 Å². The number of ketones is 1. The van der Waals surface area contributed by atoms with E-state index < -0.39 is 12.6 Å². The average Bonchev–Trinajstić information content (AvgIpc) is 3.48. The number of aromatic nitrogens is 1. The first kappa shape index (κ1) is 17.9. The lowest BCUT2D eigenvalue weighted by Gasteiger charge is -2.09. The van der Waals surface area contributed by atoms with Gasteiger partial charge in [-0.15, -0.1) is 0 Å². The standard InChI is InChI=1S/C23H15NO6/c25-19(14-7-8-21-22(10-14)30-13-29-21)12-28-23(26)16-11-18(20-6-3-9-27-20)24-17-5-2-1-4-15(16)17/h1-11H,12-13H2. The maximum Gasteiger partial charge on any atom is 0.339 e. The van der Waals surface area contributed by atoms with Crippen molar-refractivity contribution in [1.82, 2.24) is 4.98 Å². The third-order valence-electron chi connectivity index (χ3n) is 4.74. The average molecular weight is 401 g/mol. The molecule has 0 fully saturated rings. The lowest BCUT2D eigenvalue weighted by atomic mass is 10.1. The van der Waals surface area contributed by atoms with E-state index in [4.69, 9.17) is 18.6 Å². The molecule has 0 saturated heterocycles. The van der Waals surface area contributed by atoms with Crippen molar-refractivity contribution >= 4 is 22.7 Å². The molecule has 0 bridgehead atoms. The van der Waals surface area contributed by atoms with E-state index in [9.17, 15) is 9.59 Å². The minimum absolute atomic E-state index is 0.120. The van der Waals surface area contributed by atoms with Crippen LogP contribution in [0.15, 0.2) is 71.3 Å². The monoisotopic (exact) mass is 401 g/mol. The van der Waals surface area contributed by atoms with Crippen LogP contribution in [0.5, 0.6) is 11.5 Å². The molecule has 0 atom stereocenters. The molecule has 7 nitrogen and oxygen atoms in total. The number of pyridine rings is 1. The smallest absolute Gasteiger partial charge is 0.339 e. The van der Waals surface area contributed by atoms with Crippen molar-refractivity contribution in [1.29, 1.82) is 0 Å². The minimum Gasteiger partial charge on any atom is -0.463 e. The van der Waals surface area contributed by atoms with Crippen LogP contribution >= 0.6 is 0 Å². The molecule has 2 aromatic heterocycles. The summed E-state index contributed by atoms with van der Waals surface area (Å²) < 4.78 is 21.3. The molecular weight excluding hydrogens is 386 g/mol. The highest BCUT2D eigenvalue weighted by atomic mass is 16.7. The molecule has 7 heteroatoms. The maximum absolute atomic E-state index is 12.8. The van der Waals surface area contributed by atoms with E-state index in [1.165, 1.54) is 6.26 Å². The van der Waals surface area contributed by atoms with Crippen LogP contribution in [0.3, 0.4) is 0 Å². The van der Waals surface area contributed by atoms with Gasteiger partial charge in [0.15, 0.2) is 29.6 Å². The summed E-state index contributed by atoms with van der Waals surface area (Å²) in [6.45, 7) is -0.277. The van der Waals surface area contributed by atoms with Gasteiger partial charge in [-0.3, -0.25) is 4.79 Å². The zero-order valence-corrected chi connectivity index (χ0v) is 15.7. The molecule has 3 heterocycles. The number of Topliss-reactive ketones (excluding diaryl/α,β-unsaturated/α-hetero) is 1. The summed E-state index contributed by atoms with van der Waals surface area (Å²) in [5.74, 6) is 0.653. The Hall–Kier alpha value is -4.13. The molecule has 0 spiro atoms. The second-order valence-corrected chi connectivity index (χ2v) is 6.62. The van der Waals surface area contributed by atoms with Gasteiger partial charge in [0.05, 0.1) is 17.3 Å². The molecule has 1 aliphatic rings. The molecule has 4 aromatic rings. The van der Waals surface area contributed by atoms with Crippen LogP contribution in [0, 0.1) is 0 Å². The number of nitrogens with zero attached hydrogens (tertiary/aromatic N) is 1. The summed E-state index contributed by atoms with van der Waals surface area (Å²) in [7, 11) is 0. The van der Waals surface area contributed by atoms with Crippen LogP contribution in [0.4, 0.5) is 0 Å². The van der Waals surface area contributed by atoms with E-state index in [2.05, 4.69) is 4.98 Å². The zero-order chi connectivity index (χ0) is 20.5. The lowest BCUT2D eigenvalue weighted by molar-refractivity contribution is 0.0476. The largest absolute Gasteiger partial charge is 0.463 e. The Labute approximate surface area is 170 Å². The van der Waals surface area contributed by atoms with Gasteiger partial charge in [-0.05, 0) is 42.5 Å². The fourth-order valence-electron chi connectivity index (χ4n) is 3.26. The first-order valence-corrected chi connectivity index (χ1v) is 9.23. The number of para-hydroxylation sites is 1. The maximum atomic E-state index is 12.8. The summed E-state index contributed by atoms with van der Waals surface area (Å²) in [6, 6.07) is 17.2. The van der Waals surface area contributed by atoms with E-state index in [1.54, 1.807) is 48.5 Å². The van der Waals surface area contributed by atoms with Crippen LogP contribution in [0.2, 0.25) is 0 Å². The minimum atomic E-state index is -0.615. The number of carbonyl (C=O) groups is 2. The number of fused-ring (bicyclic) bond motifs is 2. The van der Waals surface area contributed by atoms with Gasteiger partial charge >= 0.3 is 5.97 Å². The number of furan rings is 1. The molecule has 0 aliphatic carbocycles. The number of hydrogen-bond donors (Lipinski definition) is 0. The molecule has 148 valence electrons. The highest BCUT2D eigenvalue weighted by Crippen LogP contribution is 2.32. The molecule has 2 aromatic carbocycles. The van der Waals surface area contributed by atoms with Gasteiger partial charge in [-0.1, -0.05) is 18.2 Å². The van der Waals surface area contributed by atoms with E-state index >= 15 is 0 Å². The second kappa shape index (κ2) is 7.36. The van der Waals surface area contributed by atoms with Crippen molar-refractivity contribution in [3.05, 3.63) is 78.1 Å². The topological polar surface area (TPSA) is 87.9 Å². The lowest BCUT2D eigenvalue weighted by Crippen LogP contribution is -2.15. The van der Waals surface area contributed by atoms with Crippen molar-refractivity contribution in [2.45, 2.75) is 0 Å². The van der Waals surface area contributed by atoms with Gasteiger partial charge in [0.25, 0.3) is 0 Å². The number of hydrogen-bond acceptors (Lipinski definition) is 7. The quantitative estimate of drug-likeness (QED) is 0.365. The van der Waals surface area contributed by atoms with E-state index in [-0.39, 0.29) is 12.6 Å². The van der Waals surface area contributed by atoms with Gasteiger partial charge in [-0.2, -0.15) is 0 Å². The number of esters is 1. The van der Waals surface area contributed by atoms with E-state index in [0.29, 0.717) is 45.0 Å². The van der Waals surface area contributed by atoms with Crippen molar-refractivity contribution in [3.63, 3.8) is 0 Å². The SMILES string of the molecule is O=C(COC(=O)c1cc(-c2ccco2)nc2ccccc12)c1ccc2c(c1)OCO2. The van der Waals surface area contributed by atoms with Gasteiger partial charge in [-0.25, -0.2) is 9.78 Å².